The number of rotatable bonds is 20. The van der Waals surface area contributed by atoms with Gasteiger partial charge in [0, 0.05) is 6.42 Å². The highest BCUT2D eigenvalue weighted by Gasteiger charge is 2.05. The number of hydrogen-bond donors (Lipinski definition) is 0. The Labute approximate surface area is 218 Å². The monoisotopic (exact) mass is 494 g/mol. The van der Waals surface area contributed by atoms with Crippen molar-refractivity contribution in [3.63, 3.8) is 0 Å². The van der Waals surface area contributed by atoms with E-state index >= 15 is 0 Å². The van der Waals surface area contributed by atoms with Gasteiger partial charge >= 0.3 is 5.97 Å². The van der Waals surface area contributed by atoms with Crippen LogP contribution in [0.5, 0.6) is 11.5 Å². The molecule has 2 rings (SSSR count). The van der Waals surface area contributed by atoms with E-state index in [1.165, 1.54) is 83.5 Å². The molecule has 0 spiro atoms. The lowest BCUT2D eigenvalue weighted by Crippen LogP contribution is -2.07. The van der Waals surface area contributed by atoms with Gasteiger partial charge in [0.1, 0.15) is 11.5 Å². The Morgan fingerprint density at radius 3 is 1.39 bits per heavy atom. The lowest BCUT2D eigenvalue weighted by atomic mass is 10.0. The van der Waals surface area contributed by atoms with Gasteiger partial charge in [0.25, 0.3) is 0 Å². The van der Waals surface area contributed by atoms with Crippen molar-refractivity contribution in [2.24, 2.45) is 10.2 Å². The third kappa shape index (κ3) is 14.0. The third-order valence-corrected chi connectivity index (χ3v) is 6.41. The predicted molar refractivity (Wildman–Crippen MR) is 149 cm³/mol. The maximum atomic E-state index is 12.1. The Balaban J connectivity index is 1.46. The molecule has 0 bridgehead atoms. The summed E-state index contributed by atoms with van der Waals surface area (Å²) in [4.78, 5) is 12.1. The Morgan fingerprint density at radius 2 is 0.972 bits per heavy atom. The zero-order valence-electron chi connectivity index (χ0n) is 22.6. The molecule has 0 aliphatic carbocycles. The van der Waals surface area contributed by atoms with Gasteiger partial charge in [0.2, 0.25) is 0 Å². The molecule has 0 heterocycles. The van der Waals surface area contributed by atoms with Gasteiger partial charge in [-0.25, -0.2) is 0 Å². The van der Waals surface area contributed by atoms with Crippen LogP contribution in [0.2, 0.25) is 0 Å². The largest absolute Gasteiger partial charge is 0.497 e. The lowest BCUT2D eigenvalue weighted by molar-refractivity contribution is -0.134. The normalized spacial score (nSPS) is 11.2. The summed E-state index contributed by atoms with van der Waals surface area (Å²) in [6.45, 7) is 2.27. The first-order valence-electron chi connectivity index (χ1n) is 14.1. The van der Waals surface area contributed by atoms with Crippen LogP contribution >= 0.6 is 0 Å². The molecule has 0 amide bonds. The number of carbonyl (C=O) groups is 1. The van der Waals surface area contributed by atoms with Crippen LogP contribution in [0.15, 0.2) is 58.8 Å². The number of methoxy groups -OCH3 is 1. The summed E-state index contributed by atoms with van der Waals surface area (Å²) in [6.07, 6.45) is 20.2. The minimum atomic E-state index is -0.169. The Morgan fingerprint density at radius 1 is 0.583 bits per heavy atom. The van der Waals surface area contributed by atoms with Crippen LogP contribution in [0.25, 0.3) is 0 Å². The maximum Gasteiger partial charge on any atom is 0.311 e. The van der Waals surface area contributed by atoms with Crippen LogP contribution in [0.4, 0.5) is 11.4 Å². The van der Waals surface area contributed by atoms with E-state index in [0.717, 1.165) is 24.3 Å². The predicted octanol–water partition coefficient (Wildman–Crippen LogP) is 10.3. The second-order valence-corrected chi connectivity index (χ2v) is 9.57. The Bertz CT molecular complexity index is 847. The number of carbonyl (C=O) groups excluding carboxylic acids is 1. The first-order valence-corrected chi connectivity index (χ1v) is 14.1. The first kappa shape index (κ1) is 29.5. The summed E-state index contributed by atoms with van der Waals surface area (Å²) in [7, 11) is 1.63. The molecule has 5 heteroatoms. The van der Waals surface area contributed by atoms with Gasteiger partial charge in [-0.15, -0.1) is 0 Å². The fraction of sp³-hybridized carbons (Fsp3) is 0.581. The smallest absolute Gasteiger partial charge is 0.311 e. The minimum absolute atomic E-state index is 0.169. The summed E-state index contributed by atoms with van der Waals surface area (Å²) in [5.74, 6) is 1.16. The van der Waals surface area contributed by atoms with E-state index in [0.29, 0.717) is 17.9 Å². The molecule has 2 aromatic carbocycles. The SMILES string of the molecule is CCCCCCCCCCCCCCCCCC(=O)Oc1ccc(N=Nc2ccc(OC)cc2)cc1. The van der Waals surface area contributed by atoms with Gasteiger partial charge in [0.05, 0.1) is 18.5 Å². The van der Waals surface area contributed by atoms with Gasteiger partial charge in [-0.05, 0) is 55.0 Å². The van der Waals surface area contributed by atoms with E-state index in [1.54, 1.807) is 31.4 Å². The topological polar surface area (TPSA) is 60.2 Å². The summed E-state index contributed by atoms with van der Waals surface area (Å²) >= 11 is 0. The van der Waals surface area contributed by atoms with Crippen molar-refractivity contribution in [3.8, 4) is 11.5 Å². The van der Waals surface area contributed by atoms with Gasteiger partial charge in [-0.1, -0.05) is 96.8 Å². The van der Waals surface area contributed by atoms with Crippen molar-refractivity contribution in [1.29, 1.82) is 0 Å². The average Bonchev–Trinajstić information content (AvgIpc) is 2.90. The molecular formula is C31H46N2O3. The Kier molecular flexibility index (Phi) is 16.0. The van der Waals surface area contributed by atoms with Crippen LogP contribution in [-0.2, 0) is 4.79 Å². The summed E-state index contributed by atoms with van der Waals surface area (Å²) in [5.41, 5.74) is 1.45. The molecule has 0 aliphatic rings. The quantitative estimate of drug-likeness (QED) is 0.0796. The second-order valence-electron chi connectivity index (χ2n) is 9.57. The molecule has 0 unspecified atom stereocenters. The van der Waals surface area contributed by atoms with Gasteiger partial charge in [0.15, 0.2) is 0 Å². The van der Waals surface area contributed by atoms with Crippen LogP contribution in [0.1, 0.15) is 110 Å². The van der Waals surface area contributed by atoms with Crippen LogP contribution in [0.3, 0.4) is 0 Å². The number of esters is 1. The molecule has 36 heavy (non-hydrogen) atoms. The third-order valence-electron chi connectivity index (χ3n) is 6.41. The fourth-order valence-corrected chi connectivity index (χ4v) is 4.17. The summed E-state index contributed by atoms with van der Waals surface area (Å²) in [5, 5.41) is 8.43. The highest BCUT2D eigenvalue weighted by atomic mass is 16.5. The standard InChI is InChI=1S/C31H46N2O3/c1-3-4-5-6-7-8-9-10-11-12-13-14-15-16-17-18-31(34)36-30-25-21-28(22-26-30)33-32-27-19-23-29(35-2)24-20-27/h19-26H,3-18H2,1-2H3. The van der Waals surface area contributed by atoms with E-state index in [-0.39, 0.29) is 5.97 Å². The molecule has 198 valence electrons. The summed E-state index contributed by atoms with van der Waals surface area (Å²) in [6, 6.07) is 14.5. The minimum Gasteiger partial charge on any atom is -0.497 e. The molecule has 0 saturated heterocycles. The van der Waals surface area contributed by atoms with E-state index in [2.05, 4.69) is 17.2 Å². The molecule has 5 nitrogen and oxygen atoms in total. The number of nitrogens with zero attached hydrogens (tertiary/aromatic N) is 2. The van der Waals surface area contributed by atoms with Crippen LogP contribution < -0.4 is 9.47 Å². The second kappa shape index (κ2) is 19.5. The van der Waals surface area contributed by atoms with Crippen molar-refractivity contribution in [3.05, 3.63) is 48.5 Å². The number of azo groups is 1. The van der Waals surface area contributed by atoms with E-state index < -0.39 is 0 Å². The van der Waals surface area contributed by atoms with Crippen molar-refractivity contribution < 1.29 is 14.3 Å². The van der Waals surface area contributed by atoms with Crippen molar-refractivity contribution >= 4 is 17.3 Å². The maximum absolute atomic E-state index is 12.1. The molecule has 0 N–H and O–H groups in total. The molecule has 0 aromatic heterocycles. The van der Waals surface area contributed by atoms with E-state index in [9.17, 15) is 4.79 Å². The first-order chi connectivity index (χ1) is 17.7. The number of hydrogen-bond acceptors (Lipinski definition) is 5. The van der Waals surface area contributed by atoms with Crippen LogP contribution in [0, 0.1) is 0 Å². The van der Waals surface area contributed by atoms with Gasteiger partial charge in [-0.3, -0.25) is 4.79 Å². The fourth-order valence-electron chi connectivity index (χ4n) is 4.17. The van der Waals surface area contributed by atoms with Crippen molar-refractivity contribution in [1.82, 2.24) is 0 Å². The zero-order valence-corrected chi connectivity index (χ0v) is 22.6. The number of unbranched alkanes of at least 4 members (excludes halogenated alkanes) is 14. The van der Waals surface area contributed by atoms with Crippen molar-refractivity contribution in [2.75, 3.05) is 7.11 Å². The van der Waals surface area contributed by atoms with E-state index in [1.807, 2.05) is 24.3 Å². The number of benzene rings is 2. The van der Waals surface area contributed by atoms with Gasteiger partial charge in [-0.2, -0.15) is 10.2 Å². The summed E-state index contributed by atoms with van der Waals surface area (Å²) < 4.78 is 10.6. The number of ether oxygens (including phenoxy) is 2. The molecule has 0 fully saturated rings. The van der Waals surface area contributed by atoms with Crippen molar-refractivity contribution in [2.45, 2.75) is 110 Å². The molecule has 0 radical (unpaired) electrons. The molecule has 0 atom stereocenters. The average molecular weight is 495 g/mol. The molecule has 2 aromatic rings. The Hall–Kier alpha value is -2.69. The molecular weight excluding hydrogens is 448 g/mol. The lowest BCUT2D eigenvalue weighted by Gasteiger charge is -2.05. The van der Waals surface area contributed by atoms with E-state index in [4.69, 9.17) is 9.47 Å². The zero-order chi connectivity index (χ0) is 25.7. The molecule has 0 aliphatic heterocycles. The highest BCUT2D eigenvalue weighted by molar-refractivity contribution is 5.72. The van der Waals surface area contributed by atoms with Crippen LogP contribution in [-0.4, -0.2) is 13.1 Å². The highest BCUT2D eigenvalue weighted by Crippen LogP contribution is 2.23. The van der Waals surface area contributed by atoms with Gasteiger partial charge < -0.3 is 9.47 Å². The molecule has 0 saturated carbocycles.